The van der Waals surface area contributed by atoms with Crippen molar-refractivity contribution < 1.29 is 19.1 Å². The van der Waals surface area contributed by atoms with Gasteiger partial charge in [-0.3, -0.25) is 0 Å². The number of benzene rings is 1. The van der Waals surface area contributed by atoms with E-state index in [0.29, 0.717) is 29.9 Å². The largest absolute Gasteiger partial charge is 0.463 e. The third kappa shape index (κ3) is 3.73. The van der Waals surface area contributed by atoms with Gasteiger partial charge < -0.3 is 14.3 Å². The fraction of sp³-hybridized carbons (Fsp3) is 0.708. The lowest BCUT2D eigenvalue weighted by molar-refractivity contribution is -0.902. The van der Waals surface area contributed by atoms with E-state index in [1.165, 1.54) is 32.4 Å². The van der Waals surface area contributed by atoms with Gasteiger partial charge >= 0.3 is 5.97 Å². The predicted octanol–water partition coefficient (Wildman–Crippen LogP) is 3.73. The molecule has 3 fully saturated rings. The normalized spacial score (nSPS) is 31.9. The molecule has 4 nitrogen and oxygen atoms in total. The van der Waals surface area contributed by atoms with Crippen LogP contribution in [0.25, 0.3) is 0 Å². The molecule has 3 aliphatic rings. The maximum Gasteiger partial charge on any atom is 0.343 e. The number of hydrogen-bond donors (Lipinski definition) is 1. The molecule has 4 rings (SSSR count). The molecule has 2 saturated carbocycles. The van der Waals surface area contributed by atoms with Crippen molar-refractivity contribution in [1.82, 2.24) is 0 Å². The molecule has 0 radical (unpaired) electrons. The van der Waals surface area contributed by atoms with Gasteiger partial charge in [0, 0.05) is 23.7 Å². The van der Waals surface area contributed by atoms with Crippen molar-refractivity contribution in [2.75, 3.05) is 33.8 Å². The number of rotatable bonds is 5. The molecule has 1 aromatic rings. The van der Waals surface area contributed by atoms with E-state index in [1.54, 1.807) is 0 Å². The Balaban J connectivity index is 1.49. The first-order valence-electron chi connectivity index (χ1n) is 11.2. The Hall–Kier alpha value is -1.39. The molecule has 1 aromatic carbocycles. The minimum absolute atomic E-state index is 0.0465. The lowest BCUT2D eigenvalue weighted by Gasteiger charge is -2.42. The molecule has 4 heteroatoms. The molecule has 1 heterocycles. The molecule has 0 amide bonds. The molecule has 1 aliphatic heterocycles. The second-order valence-electron chi connectivity index (χ2n) is 10.1. The molecule has 0 aromatic heterocycles. The van der Waals surface area contributed by atoms with Crippen molar-refractivity contribution in [3.63, 3.8) is 0 Å². The van der Waals surface area contributed by atoms with E-state index >= 15 is 0 Å². The summed E-state index contributed by atoms with van der Waals surface area (Å²) < 4.78 is 6.99. The van der Waals surface area contributed by atoms with E-state index in [1.807, 2.05) is 30.3 Å². The van der Waals surface area contributed by atoms with Gasteiger partial charge in [-0.05, 0) is 31.2 Å². The molecule has 28 heavy (non-hydrogen) atoms. The Kier molecular flexibility index (Phi) is 5.54. The number of fused-ring (bicyclic) bond motifs is 2. The van der Waals surface area contributed by atoms with Crippen LogP contribution in [-0.4, -0.2) is 49.4 Å². The van der Waals surface area contributed by atoms with Crippen LogP contribution in [0.15, 0.2) is 30.3 Å². The van der Waals surface area contributed by atoms with E-state index in [2.05, 4.69) is 14.1 Å². The van der Waals surface area contributed by atoms with Gasteiger partial charge in [0.15, 0.2) is 5.60 Å². The maximum atomic E-state index is 13.3. The number of nitrogens with zero attached hydrogens (tertiary/aromatic N) is 1. The van der Waals surface area contributed by atoms with Crippen molar-refractivity contribution in [2.45, 2.75) is 50.5 Å². The topological polar surface area (TPSA) is 46.5 Å². The highest BCUT2D eigenvalue weighted by Crippen LogP contribution is 2.45. The molecule has 2 bridgehead atoms. The zero-order valence-electron chi connectivity index (χ0n) is 17.5. The number of ether oxygens (including phenoxy) is 1. The van der Waals surface area contributed by atoms with E-state index in [4.69, 9.17) is 4.74 Å². The lowest BCUT2D eigenvalue weighted by atomic mass is 9.73. The van der Waals surface area contributed by atoms with E-state index in [9.17, 15) is 9.90 Å². The van der Waals surface area contributed by atoms with E-state index < -0.39 is 11.6 Å². The minimum Gasteiger partial charge on any atom is -0.463 e. The average Bonchev–Trinajstić information content (AvgIpc) is 2.97. The highest BCUT2D eigenvalue weighted by Gasteiger charge is 2.50. The first-order valence-corrected chi connectivity index (χ1v) is 11.2. The number of aliphatic hydroxyl groups is 1. The third-order valence-corrected chi connectivity index (χ3v) is 7.70. The van der Waals surface area contributed by atoms with E-state index in [0.717, 1.165) is 30.2 Å². The lowest BCUT2D eigenvalue weighted by Crippen LogP contribution is -2.53. The Bertz CT molecular complexity index is 666. The number of esters is 1. The molecule has 0 spiro atoms. The van der Waals surface area contributed by atoms with Crippen LogP contribution in [0.4, 0.5) is 0 Å². The summed E-state index contributed by atoms with van der Waals surface area (Å²) in [6.45, 7) is 2.81. The number of hydrogen-bond acceptors (Lipinski definition) is 3. The fourth-order valence-electron chi connectivity index (χ4n) is 6.33. The van der Waals surface area contributed by atoms with Gasteiger partial charge in [-0.15, -0.1) is 0 Å². The van der Waals surface area contributed by atoms with Crippen LogP contribution >= 0.6 is 0 Å². The van der Waals surface area contributed by atoms with Crippen LogP contribution < -0.4 is 0 Å². The quantitative estimate of drug-likeness (QED) is 0.620. The fourth-order valence-corrected chi connectivity index (χ4v) is 6.33. The van der Waals surface area contributed by atoms with Gasteiger partial charge in [-0.2, -0.15) is 0 Å². The van der Waals surface area contributed by atoms with E-state index in [-0.39, 0.29) is 5.92 Å². The Morgan fingerprint density at radius 3 is 2.25 bits per heavy atom. The molecule has 3 atom stereocenters. The van der Waals surface area contributed by atoms with Crippen molar-refractivity contribution in [2.24, 2.45) is 23.7 Å². The molecule has 1 N–H and O–H groups in total. The van der Waals surface area contributed by atoms with Crippen molar-refractivity contribution in [3.8, 4) is 0 Å². The molecule has 154 valence electrons. The summed E-state index contributed by atoms with van der Waals surface area (Å²) in [5, 5.41) is 11.7. The Morgan fingerprint density at radius 2 is 1.64 bits per heavy atom. The summed E-state index contributed by atoms with van der Waals surface area (Å²) in [6.07, 6.45) is 7.62. The molecule has 2 aliphatic carbocycles. The summed E-state index contributed by atoms with van der Waals surface area (Å²) >= 11 is 0. The highest BCUT2D eigenvalue weighted by molar-refractivity contribution is 5.81. The van der Waals surface area contributed by atoms with Crippen molar-refractivity contribution >= 4 is 5.97 Å². The summed E-state index contributed by atoms with van der Waals surface area (Å²) in [4.78, 5) is 13.3. The maximum absolute atomic E-state index is 13.3. The molecular weight excluding hydrogens is 350 g/mol. The summed E-state index contributed by atoms with van der Waals surface area (Å²) in [7, 11) is 4.62. The second-order valence-corrected chi connectivity index (χ2v) is 10.1. The summed E-state index contributed by atoms with van der Waals surface area (Å²) in [6, 6.07) is 9.48. The van der Waals surface area contributed by atoms with Crippen LogP contribution in [0.5, 0.6) is 0 Å². The number of piperidine rings is 1. The van der Waals surface area contributed by atoms with Crippen LogP contribution in [0.1, 0.15) is 50.5 Å². The standard InChI is InChI=1S/C24H36NO3/c1-25(2)15-18-13-14-19(16-25)22(18)17-28-23(26)24(27,20-9-5-3-6-10-20)21-11-7-4-8-12-21/h3,5-6,9-10,18-19,21-22,27H,4,7-8,11-17H2,1-2H3/q+1. The number of carbonyl (C=O) groups excluding carboxylic acids is 1. The van der Waals surface area contributed by atoms with Crippen LogP contribution in [0.2, 0.25) is 0 Å². The van der Waals surface area contributed by atoms with Gasteiger partial charge in [0.1, 0.15) is 0 Å². The highest BCUT2D eigenvalue weighted by atomic mass is 16.5. The molecule has 3 unspecified atom stereocenters. The van der Waals surface area contributed by atoms with Crippen molar-refractivity contribution in [3.05, 3.63) is 35.9 Å². The number of likely N-dealkylation sites (tertiary alicyclic amines) is 1. The third-order valence-electron chi connectivity index (χ3n) is 7.70. The smallest absolute Gasteiger partial charge is 0.343 e. The van der Waals surface area contributed by atoms with Crippen LogP contribution in [-0.2, 0) is 15.1 Å². The Labute approximate surface area is 169 Å². The zero-order chi connectivity index (χ0) is 19.8. The Morgan fingerprint density at radius 1 is 1.04 bits per heavy atom. The van der Waals surface area contributed by atoms with Crippen molar-refractivity contribution in [1.29, 1.82) is 0 Å². The second kappa shape index (κ2) is 7.79. The summed E-state index contributed by atoms with van der Waals surface area (Å²) in [5.74, 6) is 1.27. The first-order chi connectivity index (χ1) is 13.4. The average molecular weight is 387 g/mol. The summed E-state index contributed by atoms with van der Waals surface area (Å²) in [5.41, 5.74) is -0.818. The van der Waals surface area contributed by atoms with Gasteiger partial charge in [-0.25, -0.2) is 4.79 Å². The monoisotopic (exact) mass is 386 g/mol. The van der Waals surface area contributed by atoms with Crippen LogP contribution in [0, 0.1) is 23.7 Å². The minimum atomic E-state index is -1.51. The van der Waals surface area contributed by atoms with Gasteiger partial charge in [0.2, 0.25) is 0 Å². The molecule has 1 saturated heterocycles. The van der Waals surface area contributed by atoms with Gasteiger partial charge in [-0.1, -0.05) is 49.6 Å². The zero-order valence-corrected chi connectivity index (χ0v) is 17.5. The predicted molar refractivity (Wildman–Crippen MR) is 109 cm³/mol. The van der Waals surface area contributed by atoms with Gasteiger partial charge in [0.25, 0.3) is 0 Å². The number of quaternary nitrogens is 1. The SMILES string of the molecule is C[N+]1(C)CC2CCC(C1)C2COC(=O)C(O)(c1ccccc1)C1CCCCC1. The van der Waals surface area contributed by atoms with Gasteiger partial charge in [0.05, 0.1) is 33.8 Å². The molecular formula is C24H36NO3+. The first kappa shape index (κ1) is 19.9. The number of carbonyl (C=O) groups is 1. The van der Waals surface area contributed by atoms with Crippen LogP contribution in [0.3, 0.4) is 0 Å².